The van der Waals surface area contributed by atoms with Crippen molar-refractivity contribution in [2.24, 2.45) is 10.4 Å². The first-order chi connectivity index (χ1) is 10.7. The third kappa shape index (κ3) is 6.66. The number of nitrogens with one attached hydrogen (secondary N) is 1. The molecule has 1 aromatic carbocycles. The first kappa shape index (κ1) is 21.3. The van der Waals surface area contributed by atoms with E-state index in [0.717, 1.165) is 30.7 Å². The fourth-order valence-electron chi connectivity index (χ4n) is 3.17. The molecule has 136 valence electrons. The molecule has 5 heteroatoms. The minimum Gasteiger partial charge on any atom is -1.00 e. The van der Waals surface area contributed by atoms with Gasteiger partial charge in [-0.15, -0.1) is 0 Å². The number of nitrogens with zero attached hydrogens (tertiary/aromatic N) is 2. The van der Waals surface area contributed by atoms with E-state index in [1.54, 1.807) is 11.8 Å². The highest BCUT2D eigenvalue weighted by Crippen LogP contribution is 2.31. The van der Waals surface area contributed by atoms with Gasteiger partial charge in [0.05, 0.1) is 13.3 Å². The number of hydrogen-bond donors (Lipinski definition) is 1. The molecule has 1 aromatic rings. The smallest absolute Gasteiger partial charge is 0.159 e. The van der Waals surface area contributed by atoms with Crippen molar-refractivity contribution in [3.05, 3.63) is 35.4 Å². The van der Waals surface area contributed by atoms with Crippen molar-refractivity contribution in [3.63, 3.8) is 0 Å². The molecule has 0 spiro atoms. The van der Waals surface area contributed by atoms with Gasteiger partial charge in [-0.05, 0) is 38.2 Å². The van der Waals surface area contributed by atoms with Crippen LogP contribution < -0.4 is 17.7 Å². The molecule has 0 fully saturated rings. The summed E-state index contributed by atoms with van der Waals surface area (Å²) >= 11 is 1.79. The van der Waals surface area contributed by atoms with Crippen LogP contribution in [0.1, 0.15) is 52.2 Å². The molecule has 0 aromatic heterocycles. The minimum absolute atomic E-state index is 0. The van der Waals surface area contributed by atoms with Gasteiger partial charge in [0.2, 0.25) is 0 Å². The van der Waals surface area contributed by atoms with Gasteiger partial charge in [0, 0.05) is 11.3 Å². The molecular formula is C19H31ClN3S-. The van der Waals surface area contributed by atoms with E-state index >= 15 is 0 Å². The van der Waals surface area contributed by atoms with E-state index in [9.17, 15) is 0 Å². The summed E-state index contributed by atoms with van der Waals surface area (Å²) in [5.41, 5.74) is 3.14. The van der Waals surface area contributed by atoms with Gasteiger partial charge in [-0.3, -0.25) is 4.90 Å². The van der Waals surface area contributed by atoms with Crippen LogP contribution in [-0.2, 0) is 5.75 Å². The quantitative estimate of drug-likeness (QED) is 0.875. The third-order valence-corrected chi connectivity index (χ3v) is 5.15. The van der Waals surface area contributed by atoms with Gasteiger partial charge in [-0.25, -0.2) is 4.99 Å². The third-order valence-electron chi connectivity index (χ3n) is 4.12. The summed E-state index contributed by atoms with van der Waals surface area (Å²) in [6.07, 6.45) is 1.16. The molecule has 1 aliphatic heterocycles. The van der Waals surface area contributed by atoms with Crippen LogP contribution in [0.3, 0.4) is 0 Å². The van der Waals surface area contributed by atoms with Gasteiger partial charge in [0.15, 0.2) is 5.17 Å². The normalized spacial score (nSPS) is 16.2. The second-order valence-electron chi connectivity index (χ2n) is 8.30. The standard InChI is InChI=1S/C19H31N3S.ClH/c1-15-7-9-16(10-8-15)11-23-17-20-13-22(14-21-17)19(5,6)12-18(2,3)4;/h7-10H,11-14H2,1-6H3,(H,20,21);1H/p-1. The second kappa shape index (κ2) is 8.59. The largest absolute Gasteiger partial charge is 1.00 e. The van der Waals surface area contributed by atoms with Gasteiger partial charge in [0.1, 0.15) is 0 Å². The Morgan fingerprint density at radius 1 is 1.12 bits per heavy atom. The average molecular weight is 369 g/mol. The first-order valence-corrected chi connectivity index (χ1v) is 9.36. The van der Waals surface area contributed by atoms with Gasteiger partial charge < -0.3 is 17.7 Å². The van der Waals surface area contributed by atoms with Crippen molar-refractivity contribution in [3.8, 4) is 0 Å². The molecule has 24 heavy (non-hydrogen) atoms. The molecule has 0 saturated heterocycles. The summed E-state index contributed by atoms with van der Waals surface area (Å²) in [6.45, 7) is 15.3. The molecule has 1 N–H and O–H groups in total. The fourth-order valence-corrected chi connectivity index (χ4v) is 3.98. The Hall–Kier alpha value is -0.710. The highest BCUT2D eigenvalue weighted by molar-refractivity contribution is 8.13. The molecule has 0 radical (unpaired) electrons. The fraction of sp³-hybridized carbons (Fsp3) is 0.632. The number of benzene rings is 1. The lowest BCUT2D eigenvalue weighted by atomic mass is 9.81. The molecule has 0 aliphatic carbocycles. The lowest BCUT2D eigenvalue weighted by Gasteiger charge is -2.43. The molecule has 0 unspecified atom stereocenters. The lowest BCUT2D eigenvalue weighted by Crippen LogP contribution is -3.00. The number of hydrogen-bond acceptors (Lipinski definition) is 4. The van der Waals surface area contributed by atoms with Crippen molar-refractivity contribution in [1.82, 2.24) is 10.2 Å². The monoisotopic (exact) mass is 368 g/mol. The summed E-state index contributed by atoms with van der Waals surface area (Å²) in [5.74, 6) is 0.970. The Morgan fingerprint density at radius 2 is 1.75 bits per heavy atom. The Bertz CT molecular complexity index is 547. The van der Waals surface area contributed by atoms with Crippen LogP contribution in [0.25, 0.3) is 0 Å². The van der Waals surface area contributed by atoms with E-state index in [1.165, 1.54) is 11.1 Å². The molecule has 3 nitrogen and oxygen atoms in total. The number of thioether (sulfide) groups is 1. The molecule has 0 saturated carbocycles. The summed E-state index contributed by atoms with van der Waals surface area (Å²) in [4.78, 5) is 7.16. The molecule has 1 aliphatic rings. The van der Waals surface area contributed by atoms with Gasteiger partial charge in [-0.1, -0.05) is 62.4 Å². The number of halogens is 1. The Morgan fingerprint density at radius 3 is 2.25 bits per heavy atom. The summed E-state index contributed by atoms with van der Waals surface area (Å²) in [5, 5.41) is 4.54. The topological polar surface area (TPSA) is 27.6 Å². The number of amidine groups is 1. The van der Waals surface area contributed by atoms with Gasteiger partial charge >= 0.3 is 0 Å². The molecule has 0 bridgehead atoms. The molecular weight excluding hydrogens is 338 g/mol. The number of rotatable bonds is 4. The predicted molar refractivity (Wildman–Crippen MR) is 103 cm³/mol. The SMILES string of the molecule is Cc1ccc(CSC2=NCN(C(C)(C)CC(C)(C)C)CN2)cc1.[Cl-]. The van der Waals surface area contributed by atoms with Crippen LogP contribution in [0.15, 0.2) is 29.3 Å². The van der Waals surface area contributed by atoms with Crippen molar-refractivity contribution >= 4 is 16.9 Å². The molecule has 2 rings (SSSR count). The minimum atomic E-state index is 0. The second-order valence-corrected chi connectivity index (χ2v) is 9.27. The molecule has 0 amide bonds. The van der Waals surface area contributed by atoms with E-state index < -0.39 is 0 Å². The Balaban J connectivity index is 0.00000288. The van der Waals surface area contributed by atoms with Crippen molar-refractivity contribution in [2.75, 3.05) is 13.3 Å². The van der Waals surface area contributed by atoms with E-state index in [0.29, 0.717) is 5.41 Å². The van der Waals surface area contributed by atoms with E-state index in [1.807, 2.05) is 0 Å². The van der Waals surface area contributed by atoms with Crippen molar-refractivity contribution in [2.45, 2.75) is 59.3 Å². The zero-order valence-electron chi connectivity index (χ0n) is 15.8. The predicted octanol–water partition coefficient (Wildman–Crippen LogP) is 1.62. The maximum atomic E-state index is 4.73. The maximum absolute atomic E-state index is 4.73. The first-order valence-electron chi connectivity index (χ1n) is 8.37. The van der Waals surface area contributed by atoms with Crippen LogP contribution in [-0.4, -0.2) is 28.9 Å². The number of aryl methyl sites for hydroxylation is 1. The zero-order valence-corrected chi connectivity index (χ0v) is 17.4. The van der Waals surface area contributed by atoms with Crippen LogP contribution in [0.2, 0.25) is 0 Å². The van der Waals surface area contributed by atoms with E-state index in [-0.39, 0.29) is 17.9 Å². The highest BCUT2D eigenvalue weighted by atomic mass is 35.5. The number of aliphatic imine (C=N–C) groups is 1. The van der Waals surface area contributed by atoms with Crippen molar-refractivity contribution in [1.29, 1.82) is 0 Å². The zero-order chi connectivity index (χ0) is 17.1. The van der Waals surface area contributed by atoms with Gasteiger partial charge in [0.25, 0.3) is 0 Å². The summed E-state index contributed by atoms with van der Waals surface area (Å²) in [7, 11) is 0. The van der Waals surface area contributed by atoms with Crippen LogP contribution in [0.5, 0.6) is 0 Å². The van der Waals surface area contributed by atoms with Crippen LogP contribution in [0.4, 0.5) is 0 Å². The highest BCUT2D eigenvalue weighted by Gasteiger charge is 2.32. The van der Waals surface area contributed by atoms with E-state index in [2.05, 4.69) is 76.0 Å². The lowest BCUT2D eigenvalue weighted by molar-refractivity contribution is -0.00000938. The Labute approximate surface area is 158 Å². The summed E-state index contributed by atoms with van der Waals surface area (Å²) < 4.78 is 0. The van der Waals surface area contributed by atoms with Crippen LogP contribution >= 0.6 is 11.8 Å². The summed E-state index contributed by atoms with van der Waals surface area (Å²) in [6, 6.07) is 8.74. The average Bonchev–Trinajstić information content (AvgIpc) is 2.45. The van der Waals surface area contributed by atoms with Crippen molar-refractivity contribution < 1.29 is 12.4 Å². The molecule has 1 heterocycles. The van der Waals surface area contributed by atoms with E-state index in [4.69, 9.17) is 4.99 Å². The van der Waals surface area contributed by atoms with Crippen LogP contribution in [0, 0.1) is 12.3 Å². The van der Waals surface area contributed by atoms with Gasteiger partial charge in [-0.2, -0.15) is 0 Å². The molecule has 0 atom stereocenters. The maximum Gasteiger partial charge on any atom is 0.159 e. The Kier molecular flexibility index (Phi) is 7.64.